The van der Waals surface area contributed by atoms with Crippen molar-refractivity contribution >= 4 is 26.4 Å². The Kier molecular flexibility index (Phi) is 6.17. The lowest BCUT2D eigenvalue weighted by molar-refractivity contribution is 0.146. The van der Waals surface area contributed by atoms with Crippen LogP contribution in [-0.2, 0) is 9.84 Å². The van der Waals surface area contributed by atoms with Gasteiger partial charge in [0.2, 0.25) is 0 Å². The molecular formula is C22H23F3N4O3S. The Balaban J connectivity index is 1.73. The molecule has 0 aliphatic carbocycles. The molecule has 0 radical (unpaired) electrons. The highest BCUT2D eigenvalue weighted by Gasteiger charge is 2.26. The van der Waals surface area contributed by atoms with Crippen LogP contribution < -0.4 is 10.9 Å². The summed E-state index contributed by atoms with van der Waals surface area (Å²) in [5.41, 5.74) is -0.390. The third-order valence-corrected chi connectivity index (χ3v) is 7.77. The molecule has 3 aromatic rings. The standard InChI is InChI=1S/C22H23F3N4O3S/c1-12(15-4-3-5-16(20(15)23)21(24)25)26-22-18-11-29(14-6-8-33(31,32)9-7-14)19(30)10-17(18)13(2)27-28-22/h3-5,10-12,14,21H,6-9H2,1-2H3,(H,26,28)/t12-/m1/s1. The molecule has 11 heteroatoms. The maximum absolute atomic E-state index is 14.6. The highest BCUT2D eigenvalue weighted by molar-refractivity contribution is 7.91. The Bertz CT molecular complexity index is 1360. The van der Waals surface area contributed by atoms with Crippen molar-refractivity contribution in [2.75, 3.05) is 16.8 Å². The van der Waals surface area contributed by atoms with E-state index in [-0.39, 0.29) is 34.5 Å². The van der Waals surface area contributed by atoms with Crippen molar-refractivity contribution in [2.45, 2.75) is 45.2 Å². The van der Waals surface area contributed by atoms with Gasteiger partial charge < -0.3 is 9.88 Å². The average molecular weight is 481 g/mol. The summed E-state index contributed by atoms with van der Waals surface area (Å²) in [5.74, 6) is -0.700. The van der Waals surface area contributed by atoms with Crippen LogP contribution in [0.15, 0.2) is 35.3 Å². The van der Waals surface area contributed by atoms with Gasteiger partial charge in [0.25, 0.3) is 12.0 Å². The van der Waals surface area contributed by atoms with Gasteiger partial charge in [-0.25, -0.2) is 21.6 Å². The monoisotopic (exact) mass is 480 g/mol. The zero-order chi connectivity index (χ0) is 23.9. The van der Waals surface area contributed by atoms with Crippen LogP contribution in [0, 0.1) is 12.7 Å². The number of hydrogen-bond donors (Lipinski definition) is 1. The number of pyridine rings is 1. The first-order chi connectivity index (χ1) is 15.6. The number of fused-ring (bicyclic) bond motifs is 1. The molecular weight excluding hydrogens is 457 g/mol. The third-order valence-electron chi connectivity index (χ3n) is 6.06. The molecule has 0 unspecified atom stereocenters. The lowest BCUT2D eigenvalue weighted by Crippen LogP contribution is -2.31. The van der Waals surface area contributed by atoms with Crippen LogP contribution in [0.3, 0.4) is 0 Å². The fourth-order valence-electron chi connectivity index (χ4n) is 4.17. The van der Waals surface area contributed by atoms with Gasteiger partial charge in [-0.05, 0) is 26.7 Å². The van der Waals surface area contributed by atoms with Crippen LogP contribution in [0.4, 0.5) is 19.0 Å². The van der Waals surface area contributed by atoms with Crippen LogP contribution >= 0.6 is 0 Å². The zero-order valence-electron chi connectivity index (χ0n) is 18.1. The number of anilines is 1. The van der Waals surface area contributed by atoms with Gasteiger partial charge in [-0.1, -0.05) is 18.2 Å². The SMILES string of the molecule is Cc1nnc(N[C@H](C)c2cccc(C(F)F)c2F)c2cn(C3CCS(=O)(=O)CC3)c(=O)cc12. The van der Waals surface area contributed by atoms with E-state index in [2.05, 4.69) is 15.5 Å². The molecule has 1 aliphatic rings. The summed E-state index contributed by atoms with van der Waals surface area (Å²) in [6.45, 7) is 3.31. The van der Waals surface area contributed by atoms with Gasteiger partial charge in [0, 0.05) is 34.6 Å². The second-order valence-corrected chi connectivity index (χ2v) is 10.6. The molecule has 1 N–H and O–H groups in total. The second-order valence-electron chi connectivity index (χ2n) is 8.28. The van der Waals surface area contributed by atoms with Crippen molar-refractivity contribution in [1.29, 1.82) is 0 Å². The molecule has 3 heterocycles. The molecule has 0 bridgehead atoms. The number of benzene rings is 1. The van der Waals surface area contributed by atoms with Crippen LogP contribution in [0.5, 0.6) is 0 Å². The Labute approximate surface area is 188 Å². The maximum Gasteiger partial charge on any atom is 0.266 e. The van der Waals surface area contributed by atoms with Crippen molar-refractivity contribution in [3.63, 3.8) is 0 Å². The van der Waals surface area contributed by atoms with E-state index in [1.807, 2.05) is 0 Å². The summed E-state index contributed by atoms with van der Waals surface area (Å²) < 4.78 is 65.9. The molecule has 0 saturated carbocycles. The van der Waals surface area contributed by atoms with Crippen molar-refractivity contribution in [1.82, 2.24) is 14.8 Å². The summed E-state index contributed by atoms with van der Waals surface area (Å²) in [7, 11) is -3.09. The summed E-state index contributed by atoms with van der Waals surface area (Å²) in [6.07, 6.45) is -0.666. The predicted molar refractivity (Wildman–Crippen MR) is 119 cm³/mol. The number of halogens is 3. The Morgan fingerprint density at radius 1 is 1.12 bits per heavy atom. The van der Waals surface area contributed by atoms with Crippen LogP contribution in [-0.4, -0.2) is 34.7 Å². The first kappa shape index (κ1) is 23.2. The highest BCUT2D eigenvalue weighted by Crippen LogP contribution is 2.31. The molecule has 1 atom stereocenters. The van der Waals surface area contributed by atoms with Gasteiger partial charge in [-0.15, -0.1) is 5.10 Å². The van der Waals surface area contributed by atoms with Gasteiger partial charge in [0.15, 0.2) is 5.82 Å². The van der Waals surface area contributed by atoms with E-state index >= 15 is 0 Å². The number of nitrogens with one attached hydrogen (secondary N) is 1. The quantitative estimate of drug-likeness (QED) is 0.591. The molecule has 1 aromatic carbocycles. The van der Waals surface area contributed by atoms with Crippen molar-refractivity contribution in [3.8, 4) is 0 Å². The first-order valence-electron chi connectivity index (χ1n) is 10.5. The summed E-state index contributed by atoms with van der Waals surface area (Å²) in [6, 6.07) is 4.26. The lowest BCUT2D eigenvalue weighted by Gasteiger charge is -2.25. The fraction of sp³-hybridized carbons (Fsp3) is 0.409. The minimum absolute atomic E-state index is 0.0116. The topological polar surface area (TPSA) is 93.9 Å². The molecule has 176 valence electrons. The van der Waals surface area contributed by atoms with Gasteiger partial charge in [-0.2, -0.15) is 5.10 Å². The van der Waals surface area contributed by atoms with Crippen LogP contribution in [0.25, 0.3) is 10.8 Å². The van der Waals surface area contributed by atoms with E-state index < -0.39 is 33.7 Å². The number of alkyl halides is 2. The normalized spacial score (nSPS) is 17.4. The van der Waals surface area contributed by atoms with Gasteiger partial charge in [-0.3, -0.25) is 4.79 Å². The molecule has 2 aromatic heterocycles. The van der Waals surface area contributed by atoms with Crippen molar-refractivity contribution in [2.24, 2.45) is 0 Å². The van der Waals surface area contributed by atoms with E-state index in [1.54, 1.807) is 20.0 Å². The lowest BCUT2D eigenvalue weighted by atomic mass is 10.0. The van der Waals surface area contributed by atoms with Gasteiger partial charge in [0.05, 0.1) is 28.8 Å². The molecule has 0 spiro atoms. The Hall–Kier alpha value is -2.95. The molecule has 33 heavy (non-hydrogen) atoms. The van der Waals surface area contributed by atoms with Gasteiger partial charge in [0.1, 0.15) is 15.7 Å². The van der Waals surface area contributed by atoms with E-state index in [9.17, 15) is 26.4 Å². The largest absolute Gasteiger partial charge is 0.361 e. The predicted octanol–water partition coefficient (Wildman–Crippen LogP) is 4.10. The number of aryl methyl sites for hydroxylation is 1. The number of rotatable bonds is 5. The maximum atomic E-state index is 14.6. The number of sulfone groups is 1. The molecule has 4 rings (SSSR count). The molecule has 0 amide bonds. The van der Waals surface area contributed by atoms with Gasteiger partial charge >= 0.3 is 0 Å². The molecule has 7 nitrogen and oxygen atoms in total. The van der Waals surface area contributed by atoms with E-state index in [4.69, 9.17) is 0 Å². The van der Waals surface area contributed by atoms with Crippen molar-refractivity contribution < 1.29 is 21.6 Å². The second kappa shape index (κ2) is 8.77. The fourth-order valence-corrected chi connectivity index (χ4v) is 5.64. The number of hydrogen-bond acceptors (Lipinski definition) is 6. The number of aromatic nitrogens is 3. The zero-order valence-corrected chi connectivity index (χ0v) is 18.9. The minimum Gasteiger partial charge on any atom is -0.361 e. The number of nitrogens with zero attached hydrogens (tertiary/aromatic N) is 3. The molecule has 1 fully saturated rings. The summed E-state index contributed by atoms with van der Waals surface area (Å²) in [5, 5.41) is 12.4. The first-order valence-corrected chi connectivity index (χ1v) is 12.3. The summed E-state index contributed by atoms with van der Waals surface area (Å²) in [4.78, 5) is 12.8. The average Bonchev–Trinajstić information content (AvgIpc) is 2.75. The van der Waals surface area contributed by atoms with Crippen LogP contribution in [0.1, 0.15) is 55.1 Å². The highest BCUT2D eigenvalue weighted by atomic mass is 32.2. The Morgan fingerprint density at radius 2 is 1.79 bits per heavy atom. The van der Waals surface area contributed by atoms with E-state index in [1.165, 1.54) is 22.8 Å². The Morgan fingerprint density at radius 3 is 2.45 bits per heavy atom. The minimum atomic E-state index is -3.09. The smallest absolute Gasteiger partial charge is 0.266 e. The molecule has 1 saturated heterocycles. The molecule has 1 aliphatic heterocycles. The van der Waals surface area contributed by atoms with E-state index in [0.29, 0.717) is 29.3 Å². The third kappa shape index (κ3) is 4.59. The summed E-state index contributed by atoms with van der Waals surface area (Å²) >= 11 is 0. The van der Waals surface area contributed by atoms with Crippen LogP contribution in [0.2, 0.25) is 0 Å². The van der Waals surface area contributed by atoms with E-state index in [0.717, 1.165) is 6.07 Å². The van der Waals surface area contributed by atoms with Crippen molar-refractivity contribution in [3.05, 3.63) is 63.5 Å².